The van der Waals surface area contributed by atoms with E-state index >= 15 is 0 Å². The maximum absolute atomic E-state index is 11.9. The van der Waals surface area contributed by atoms with Gasteiger partial charge in [0.15, 0.2) is 0 Å². The molecule has 0 aromatic heterocycles. The van der Waals surface area contributed by atoms with Crippen molar-refractivity contribution in [3.05, 3.63) is 0 Å². The Kier molecular flexibility index (Phi) is 4.99. The number of amides is 1. The first-order chi connectivity index (χ1) is 6.96. The van der Waals surface area contributed by atoms with Crippen molar-refractivity contribution in [1.82, 2.24) is 9.80 Å². The van der Waals surface area contributed by atoms with Crippen LogP contribution in [0, 0.1) is 0 Å². The van der Waals surface area contributed by atoms with Gasteiger partial charge in [0.2, 0.25) is 5.91 Å². The second-order valence-corrected chi connectivity index (χ2v) is 6.47. The predicted molar refractivity (Wildman–Crippen MR) is 69.5 cm³/mol. The highest BCUT2D eigenvalue weighted by Crippen LogP contribution is 2.14. The van der Waals surface area contributed by atoms with Gasteiger partial charge in [0.1, 0.15) is 0 Å². The Morgan fingerprint density at radius 2 is 1.38 bits per heavy atom. The average molecular weight is 228 g/mol. The maximum atomic E-state index is 11.9. The van der Waals surface area contributed by atoms with Crippen LogP contribution >= 0.6 is 0 Å². The van der Waals surface area contributed by atoms with Crippen molar-refractivity contribution >= 4 is 5.91 Å². The fourth-order valence-electron chi connectivity index (χ4n) is 1.14. The summed E-state index contributed by atoms with van der Waals surface area (Å²) in [5.74, 6) is 0.212. The van der Waals surface area contributed by atoms with Crippen molar-refractivity contribution < 1.29 is 4.79 Å². The molecule has 0 aliphatic carbocycles. The van der Waals surface area contributed by atoms with E-state index < -0.39 is 0 Å². The van der Waals surface area contributed by atoms with Gasteiger partial charge in [0.25, 0.3) is 0 Å². The molecule has 96 valence electrons. The molecule has 0 radical (unpaired) electrons. The van der Waals surface area contributed by atoms with E-state index in [-0.39, 0.29) is 17.0 Å². The first-order valence-corrected chi connectivity index (χ1v) is 5.94. The van der Waals surface area contributed by atoms with E-state index in [9.17, 15) is 4.79 Å². The first kappa shape index (κ1) is 15.4. The molecular weight excluding hydrogens is 200 g/mol. The highest BCUT2D eigenvalue weighted by atomic mass is 16.2. The number of nitrogens with zero attached hydrogens (tertiary/aromatic N) is 2. The number of rotatable bonds is 3. The van der Waals surface area contributed by atoms with E-state index in [0.717, 1.165) is 6.54 Å². The van der Waals surface area contributed by atoms with E-state index in [2.05, 4.69) is 53.5 Å². The maximum Gasteiger partial charge on any atom is 0.224 e. The van der Waals surface area contributed by atoms with Crippen molar-refractivity contribution in [2.24, 2.45) is 0 Å². The van der Waals surface area contributed by atoms with Crippen LogP contribution in [0.4, 0.5) is 0 Å². The largest absolute Gasteiger partial charge is 0.341 e. The molecule has 0 unspecified atom stereocenters. The molecule has 0 bridgehead atoms. The van der Waals surface area contributed by atoms with E-state index in [0.29, 0.717) is 6.42 Å². The normalized spacial score (nSPS) is 13.1. The third-order valence-corrected chi connectivity index (χ3v) is 3.19. The predicted octanol–water partition coefficient (Wildman–Crippen LogP) is 2.36. The van der Waals surface area contributed by atoms with Gasteiger partial charge in [-0.15, -0.1) is 0 Å². The number of hydrogen-bond acceptors (Lipinski definition) is 2. The Labute approximate surface area is 101 Å². The molecule has 0 saturated carbocycles. The van der Waals surface area contributed by atoms with Crippen LogP contribution < -0.4 is 0 Å². The van der Waals surface area contributed by atoms with Crippen LogP contribution in [0.2, 0.25) is 0 Å². The zero-order valence-electron chi connectivity index (χ0n) is 12.2. The summed E-state index contributed by atoms with van der Waals surface area (Å²) < 4.78 is 0. The lowest BCUT2D eigenvalue weighted by atomic mass is 10.1. The number of carbonyl (C=O) groups excluding carboxylic acids is 1. The molecule has 0 aliphatic rings. The van der Waals surface area contributed by atoms with Crippen LogP contribution in [0.5, 0.6) is 0 Å². The Balaban J connectivity index is 4.19. The summed E-state index contributed by atoms with van der Waals surface area (Å²) in [6.45, 7) is 13.4. The van der Waals surface area contributed by atoms with Gasteiger partial charge in [0, 0.05) is 31.1 Å². The van der Waals surface area contributed by atoms with Gasteiger partial charge in [0.05, 0.1) is 0 Å². The van der Waals surface area contributed by atoms with E-state index in [4.69, 9.17) is 0 Å². The molecule has 0 N–H and O–H groups in total. The standard InChI is InChI=1S/C13H28N2O/c1-12(2,3)14(7)10-9-11(16)15(8)13(4,5)6/h9-10H2,1-8H3. The second kappa shape index (κ2) is 5.17. The van der Waals surface area contributed by atoms with Crippen molar-refractivity contribution in [2.45, 2.75) is 59.0 Å². The lowest BCUT2D eigenvalue weighted by molar-refractivity contribution is -0.134. The molecule has 3 heteroatoms. The third-order valence-electron chi connectivity index (χ3n) is 3.19. The van der Waals surface area contributed by atoms with E-state index in [1.807, 2.05) is 11.9 Å². The topological polar surface area (TPSA) is 23.6 Å². The highest BCUT2D eigenvalue weighted by molar-refractivity contribution is 5.76. The van der Waals surface area contributed by atoms with Crippen molar-refractivity contribution in [3.63, 3.8) is 0 Å². The van der Waals surface area contributed by atoms with Gasteiger partial charge in [-0.05, 0) is 48.6 Å². The average Bonchev–Trinajstić information content (AvgIpc) is 2.09. The molecule has 1 amide bonds. The monoisotopic (exact) mass is 228 g/mol. The number of hydrogen-bond donors (Lipinski definition) is 0. The zero-order valence-corrected chi connectivity index (χ0v) is 12.2. The smallest absolute Gasteiger partial charge is 0.224 e. The summed E-state index contributed by atoms with van der Waals surface area (Å²) in [5, 5.41) is 0. The van der Waals surface area contributed by atoms with Crippen LogP contribution in [0.15, 0.2) is 0 Å². The van der Waals surface area contributed by atoms with Gasteiger partial charge in [-0.1, -0.05) is 0 Å². The molecule has 0 saturated heterocycles. The fourth-order valence-corrected chi connectivity index (χ4v) is 1.14. The Morgan fingerprint density at radius 3 is 1.69 bits per heavy atom. The summed E-state index contributed by atoms with van der Waals surface area (Å²) in [4.78, 5) is 16.0. The van der Waals surface area contributed by atoms with Crippen molar-refractivity contribution in [2.75, 3.05) is 20.6 Å². The zero-order chi connectivity index (χ0) is 13.1. The lowest BCUT2D eigenvalue weighted by Gasteiger charge is -2.35. The molecule has 0 aromatic carbocycles. The summed E-state index contributed by atoms with van der Waals surface area (Å²) in [5.41, 5.74) is 0.0397. The molecule has 0 heterocycles. The Bertz CT molecular complexity index is 235. The first-order valence-electron chi connectivity index (χ1n) is 5.94. The Hall–Kier alpha value is -0.570. The van der Waals surface area contributed by atoms with Crippen LogP contribution in [0.1, 0.15) is 48.0 Å². The Morgan fingerprint density at radius 1 is 0.938 bits per heavy atom. The molecular formula is C13H28N2O. The molecule has 0 spiro atoms. The molecule has 3 nitrogen and oxygen atoms in total. The summed E-state index contributed by atoms with van der Waals surface area (Å²) in [6, 6.07) is 0. The van der Waals surface area contributed by atoms with Gasteiger partial charge in [-0.25, -0.2) is 0 Å². The molecule has 0 aromatic rings. The van der Waals surface area contributed by atoms with Crippen LogP contribution in [-0.4, -0.2) is 47.4 Å². The van der Waals surface area contributed by atoms with Crippen molar-refractivity contribution in [1.29, 1.82) is 0 Å². The highest BCUT2D eigenvalue weighted by Gasteiger charge is 2.23. The van der Waals surface area contributed by atoms with Crippen LogP contribution in [0.3, 0.4) is 0 Å². The van der Waals surface area contributed by atoms with Crippen LogP contribution in [0.25, 0.3) is 0 Å². The fraction of sp³-hybridized carbons (Fsp3) is 0.923. The van der Waals surface area contributed by atoms with Crippen molar-refractivity contribution in [3.8, 4) is 0 Å². The SMILES string of the molecule is CN(CCC(=O)N(C)C(C)(C)C)C(C)(C)C. The van der Waals surface area contributed by atoms with Gasteiger partial charge < -0.3 is 9.80 Å². The third kappa shape index (κ3) is 4.97. The van der Waals surface area contributed by atoms with Gasteiger partial charge in [-0.2, -0.15) is 0 Å². The molecule has 0 atom stereocenters. The molecule has 0 aliphatic heterocycles. The minimum absolute atomic E-state index is 0.0859. The van der Waals surface area contributed by atoms with Gasteiger partial charge >= 0.3 is 0 Å². The minimum atomic E-state index is -0.0859. The lowest BCUT2D eigenvalue weighted by Crippen LogP contribution is -2.45. The molecule has 0 rings (SSSR count). The quantitative estimate of drug-likeness (QED) is 0.740. The summed E-state index contributed by atoms with van der Waals surface area (Å²) >= 11 is 0. The van der Waals surface area contributed by atoms with E-state index in [1.165, 1.54) is 0 Å². The minimum Gasteiger partial charge on any atom is -0.341 e. The molecule has 0 fully saturated rings. The second-order valence-electron chi connectivity index (χ2n) is 6.47. The van der Waals surface area contributed by atoms with E-state index in [1.54, 1.807) is 0 Å². The number of carbonyl (C=O) groups is 1. The summed E-state index contributed by atoms with van der Waals surface area (Å²) in [6.07, 6.45) is 0.585. The van der Waals surface area contributed by atoms with Crippen LogP contribution in [-0.2, 0) is 4.79 Å². The summed E-state index contributed by atoms with van der Waals surface area (Å²) in [7, 11) is 3.93. The molecule has 16 heavy (non-hydrogen) atoms. The van der Waals surface area contributed by atoms with Gasteiger partial charge in [-0.3, -0.25) is 4.79 Å².